The maximum absolute atomic E-state index is 12.6. The average Bonchev–Trinajstić information content (AvgIpc) is 3.07. The molecule has 0 spiro atoms. The zero-order valence-electron chi connectivity index (χ0n) is 14.4. The summed E-state index contributed by atoms with van der Waals surface area (Å²) in [4.78, 5) is 29.5. The Morgan fingerprint density at radius 2 is 2.32 bits per heavy atom. The van der Waals surface area contributed by atoms with Crippen LogP contribution in [0.1, 0.15) is 32.6 Å². The van der Waals surface area contributed by atoms with Gasteiger partial charge in [0.05, 0.1) is 11.3 Å². The Kier molecular flexibility index (Phi) is 5.96. The first-order valence-electron chi connectivity index (χ1n) is 8.61. The number of carbonyl (C=O) groups excluding carboxylic acids is 1. The molecule has 1 fully saturated rings. The van der Waals surface area contributed by atoms with Gasteiger partial charge in [-0.2, -0.15) is 0 Å². The number of aromatic nitrogens is 2. The Balaban J connectivity index is 1.71. The molecule has 1 saturated carbocycles. The molecule has 2 heterocycles. The lowest BCUT2D eigenvalue weighted by atomic mass is 9.86. The van der Waals surface area contributed by atoms with Gasteiger partial charge in [-0.25, -0.2) is 4.98 Å². The molecule has 0 unspecified atom stereocenters. The van der Waals surface area contributed by atoms with Crippen LogP contribution in [0.15, 0.2) is 34.1 Å². The van der Waals surface area contributed by atoms with Gasteiger partial charge in [0.1, 0.15) is 4.70 Å². The van der Waals surface area contributed by atoms with Gasteiger partial charge in [-0.05, 0) is 30.2 Å². The fraction of sp³-hybridized carbons (Fsp3) is 0.500. The molecule has 2 aromatic heterocycles. The van der Waals surface area contributed by atoms with E-state index in [0.717, 1.165) is 6.42 Å². The number of hydrogen-bond acceptors (Lipinski definition) is 5. The van der Waals surface area contributed by atoms with Crippen molar-refractivity contribution in [3.63, 3.8) is 0 Å². The highest BCUT2D eigenvalue weighted by Crippen LogP contribution is 2.24. The van der Waals surface area contributed by atoms with E-state index in [9.17, 15) is 9.59 Å². The van der Waals surface area contributed by atoms with Gasteiger partial charge in [0, 0.05) is 12.6 Å². The zero-order chi connectivity index (χ0) is 17.8. The SMILES string of the molecule is C=CCn1c(SCC(=O)N[C@H]2CCCC[C@@H]2C)nc2ccsc2c1=O. The minimum Gasteiger partial charge on any atom is -0.352 e. The molecule has 0 saturated heterocycles. The summed E-state index contributed by atoms with van der Waals surface area (Å²) < 4.78 is 2.24. The molecule has 0 aliphatic heterocycles. The summed E-state index contributed by atoms with van der Waals surface area (Å²) >= 11 is 2.71. The molecule has 3 rings (SSSR count). The van der Waals surface area contributed by atoms with Crippen molar-refractivity contribution in [2.45, 2.75) is 50.4 Å². The number of allylic oxidation sites excluding steroid dienone is 1. The standard InChI is InChI=1S/C18H23N3O2S2/c1-3-9-21-17(23)16-14(8-10-24-16)20-18(21)25-11-15(22)19-13-7-5-4-6-12(13)2/h3,8,10,12-13H,1,4-7,9,11H2,2H3,(H,19,22)/t12-,13-/m0/s1. The van der Waals surface area contributed by atoms with Crippen LogP contribution in [-0.4, -0.2) is 27.3 Å². The lowest BCUT2D eigenvalue weighted by molar-refractivity contribution is -0.119. The Hall–Kier alpha value is -1.60. The summed E-state index contributed by atoms with van der Waals surface area (Å²) in [6.07, 6.45) is 6.33. The van der Waals surface area contributed by atoms with Crippen LogP contribution < -0.4 is 10.9 Å². The maximum atomic E-state index is 12.6. The van der Waals surface area contributed by atoms with Crippen molar-refractivity contribution < 1.29 is 4.79 Å². The third-order valence-electron chi connectivity index (χ3n) is 4.63. The number of rotatable bonds is 6. The molecule has 1 N–H and O–H groups in total. The lowest BCUT2D eigenvalue weighted by Gasteiger charge is -2.29. The van der Waals surface area contributed by atoms with Crippen LogP contribution in [0.2, 0.25) is 0 Å². The van der Waals surface area contributed by atoms with Crippen molar-refractivity contribution in [2.24, 2.45) is 5.92 Å². The summed E-state index contributed by atoms with van der Waals surface area (Å²) in [6, 6.07) is 2.11. The molecule has 5 nitrogen and oxygen atoms in total. The van der Waals surface area contributed by atoms with Gasteiger partial charge in [0.25, 0.3) is 5.56 Å². The van der Waals surface area contributed by atoms with Crippen molar-refractivity contribution in [1.82, 2.24) is 14.9 Å². The van der Waals surface area contributed by atoms with Gasteiger partial charge >= 0.3 is 0 Å². The molecule has 7 heteroatoms. The fourth-order valence-corrected chi connectivity index (χ4v) is 4.83. The van der Waals surface area contributed by atoms with Crippen molar-refractivity contribution in [1.29, 1.82) is 0 Å². The third-order valence-corrected chi connectivity index (χ3v) is 6.50. The van der Waals surface area contributed by atoms with Gasteiger partial charge in [0.15, 0.2) is 5.16 Å². The highest BCUT2D eigenvalue weighted by Gasteiger charge is 2.23. The summed E-state index contributed by atoms with van der Waals surface area (Å²) in [6.45, 7) is 6.31. The highest BCUT2D eigenvalue weighted by atomic mass is 32.2. The molecule has 2 aromatic rings. The van der Waals surface area contributed by atoms with Gasteiger partial charge in [0.2, 0.25) is 5.91 Å². The van der Waals surface area contributed by atoms with E-state index in [4.69, 9.17) is 0 Å². The second kappa shape index (κ2) is 8.19. The largest absolute Gasteiger partial charge is 0.352 e. The topological polar surface area (TPSA) is 64.0 Å². The lowest BCUT2D eigenvalue weighted by Crippen LogP contribution is -2.41. The normalized spacial score (nSPS) is 20.5. The Morgan fingerprint density at radius 1 is 1.52 bits per heavy atom. The van der Waals surface area contributed by atoms with Crippen molar-refractivity contribution in [3.8, 4) is 0 Å². The molecule has 0 bridgehead atoms. The first-order valence-corrected chi connectivity index (χ1v) is 10.5. The van der Waals surface area contributed by atoms with Crippen molar-refractivity contribution in [2.75, 3.05) is 5.75 Å². The number of amides is 1. The minimum absolute atomic E-state index is 0.00793. The van der Waals surface area contributed by atoms with Gasteiger partial charge in [-0.1, -0.05) is 37.6 Å². The second-order valence-corrected chi connectivity index (χ2v) is 8.32. The number of hydrogen-bond donors (Lipinski definition) is 1. The predicted octanol–water partition coefficient (Wildman–Crippen LogP) is 3.43. The molecule has 2 atom stereocenters. The molecule has 25 heavy (non-hydrogen) atoms. The number of thiophene rings is 1. The van der Waals surface area contributed by atoms with E-state index in [0.29, 0.717) is 27.8 Å². The monoisotopic (exact) mass is 377 g/mol. The average molecular weight is 378 g/mol. The van der Waals surface area contributed by atoms with E-state index in [1.807, 2.05) is 11.4 Å². The number of nitrogens with zero attached hydrogens (tertiary/aromatic N) is 2. The fourth-order valence-electron chi connectivity index (χ4n) is 3.23. The number of carbonyl (C=O) groups is 1. The van der Waals surface area contributed by atoms with Crippen LogP contribution in [0.4, 0.5) is 0 Å². The van der Waals surface area contributed by atoms with Gasteiger partial charge in [-0.3, -0.25) is 14.2 Å². The smallest absolute Gasteiger partial charge is 0.272 e. The molecule has 1 amide bonds. The summed E-state index contributed by atoms with van der Waals surface area (Å²) in [7, 11) is 0. The van der Waals surface area contributed by atoms with Gasteiger partial charge < -0.3 is 5.32 Å². The quantitative estimate of drug-likeness (QED) is 0.476. The summed E-state index contributed by atoms with van der Waals surface area (Å²) in [5.74, 6) is 0.804. The first kappa shape index (κ1) is 18.2. The Morgan fingerprint density at radius 3 is 3.08 bits per heavy atom. The van der Waals surface area contributed by atoms with Crippen LogP contribution in [0, 0.1) is 5.92 Å². The van der Waals surface area contributed by atoms with Crippen molar-refractivity contribution in [3.05, 3.63) is 34.5 Å². The van der Waals surface area contributed by atoms with E-state index in [2.05, 4.69) is 23.8 Å². The summed E-state index contributed by atoms with van der Waals surface area (Å²) in [5, 5.41) is 5.58. The van der Waals surface area contributed by atoms with Crippen LogP contribution in [0.5, 0.6) is 0 Å². The molecule has 0 aromatic carbocycles. The number of thioether (sulfide) groups is 1. The summed E-state index contributed by atoms with van der Waals surface area (Å²) in [5.41, 5.74) is 0.628. The number of nitrogens with one attached hydrogen (secondary N) is 1. The number of fused-ring (bicyclic) bond motifs is 1. The predicted molar refractivity (Wildman–Crippen MR) is 104 cm³/mol. The van der Waals surface area contributed by atoms with E-state index < -0.39 is 0 Å². The van der Waals surface area contributed by atoms with Crippen LogP contribution in [-0.2, 0) is 11.3 Å². The van der Waals surface area contributed by atoms with E-state index in [1.165, 1.54) is 42.4 Å². The molecule has 1 aliphatic carbocycles. The molecule has 134 valence electrons. The molecular weight excluding hydrogens is 354 g/mol. The van der Waals surface area contributed by atoms with E-state index in [-0.39, 0.29) is 23.3 Å². The first-order chi connectivity index (χ1) is 12.1. The van der Waals surface area contributed by atoms with Crippen molar-refractivity contribution >= 4 is 39.2 Å². The maximum Gasteiger partial charge on any atom is 0.272 e. The Bertz CT molecular complexity index is 827. The van der Waals surface area contributed by atoms with Crippen LogP contribution in [0.25, 0.3) is 10.2 Å². The molecule has 0 radical (unpaired) electrons. The van der Waals surface area contributed by atoms with E-state index in [1.54, 1.807) is 10.6 Å². The van der Waals surface area contributed by atoms with Gasteiger partial charge in [-0.15, -0.1) is 17.9 Å². The molecule has 1 aliphatic rings. The van der Waals surface area contributed by atoms with Crippen LogP contribution in [0.3, 0.4) is 0 Å². The Labute approximate surface area is 155 Å². The minimum atomic E-state index is -0.0660. The third kappa shape index (κ3) is 4.15. The van der Waals surface area contributed by atoms with E-state index >= 15 is 0 Å². The highest BCUT2D eigenvalue weighted by molar-refractivity contribution is 7.99. The second-order valence-electron chi connectivity index (χ2n) is 6.46. The molecular formula is C18H23N3O2S2. The zero-order valence-corrected chi connectivity index (χ0v) is 16.0. The van der Waals surface area contributed by atoms with Crippen LogP contribution >= 0.6 is 23.1 Å².